The van der Waals surface area contributed by atoms with Crippen molar-refractivity contribution in [1.29, 1.82) is 0 Å². The molecule has 1 aromatic carbocycles. The van der Waals surface area contributed by atoms with Crippen LogP contribution in [0.15, 0.2) is 29.2 Å². The standard InChI is InChI=1S/C14H21N3O3S/c1-10(15)11-4-3-5-12(8-11)21(19,20)17-7-6-14(2,9-17)13(16)18/h3-5,8,10H,6-7,9,15H2,1-2H3,(H2,16,18). The van der Waals surface area contributed by atoms with Crippen LogP contribution >= 0.6 is 0 Å². The number of nitrogens with two attached hydrogens (primary N) is 2. The molecule has 0 radical (unpaired) electrons. The van der Waals surface area contributed by atoms with Crippen LogP contribution < -0.4 is 11.5 Å². The molecule has 1 aliphatic rings. The molecule has 1 amide bonds. The summed E-state index contributed by atoms with van der Waals surface area (Å²) in [5.41, 5.74) is 11.1. The molecule has 21 heavy (non-hydrogen) atoms. The van der Waals surface area contributed by atoms with Gasteiger partial charge in [0.15, 0.2) is 0 Å². The molecule has 6 nitrogen and oxygen atoms in total. The molecule has 2 rings (SSSR count). The zero-order chi connectivity index (χ0) is 15.8. The number of carbonyl (C=O) groups excluding carboxylic acids is 1. The van der Waals surface area contributed by atoms with Gasteiger partial charge >= 0.3 is 0 Å². The minimum Gasteiger partial charge on any atom is -0.369 e. The molecule has 0 spiro atoms. The summed E-state index contributed by atoms with van der Waals surface area (Å²) in [5.74, 6) is -0.468. The van der Waals surface area contributed by atoms with Gasteiger partial charge in [0, 0.05) is 19.1 Å². The van der Waals surface area contributed by atoms with Crippen molar-refractivity contribution in [2.24, 2.45) is 16.9 Å². The van der Waals surface area contributed by atoms with E-state index in [-0.39, 0.29) is 17.5 Å². The van der Waals surface area contributed by atoms with E-state index >= 15 is 0 Å². The summed E-state index contributed by atoms with van der Waals surface area (Å²) in [5, 5.41) is 0. The molecule has 0 saturated carbocycles. The third kappa shape index (κ3) is 2.95. The minimum absolute atomic E-state index is 0.118. The average molecular weight is 311 g/mol. The minimum atomic E-state index is -3.63. The molecule has 7 heteroatoms. The average Bonchev–Trinajstić information content (AvgIpc) is 2.84. The van der Waals surface area contributed by atoms with Gasteiger partial charge in [0.25, 0.3) is 0 Å². The normalized spacial score (nSPS) is 24.9. The number of benzene rings is 1. The maximum atomic E-state index is 12.7. The van der Waals surface area contributed by atoms with Crippen molar-refractivity contribution in [1.82, 2.24) is 4.31 Å². The van der Waals surface area contributed by atoms with E-state index < -0.39 is 21.3 Å². The van der Waals surface area contributed by atoms with Crippen molar-refractivity contribution in [2.75, 3.05) is 13.1 Å². The van der Waals surface area contributed by atoms with Crippen LogP contribution in [-0.2, 0) is 14.8 Å². The predicted molar refractivity (Wildman–Crippen MR) is 79.7 cm³/mol. The number of amides is 1. The number of sulfonamides is 1. The van der Waals surface area contributed by atoms with E-state index in [9.17, 15) is 13.2 Å². The van der Waals surface area contributed by atoms with Gasteiger partial charge in [-0.2, -0.15) is 4.31 Å². The molecule has 1 aliphatic heterocycles. The van der Waals surface area contributed by atoms with Crippen LogP contribution in [0.25, 0.3) is 0 Å². The first-order chi connectivity index (χ1) is 9.67. The van der Waals surface area contributed by atoms with E-state index in [0.29, 0.717) is 13.0 Å². The lowest BCUT2D eigenvalue weighted by Crippen LogP contribution is -2.38. The summed E-state index contributed by atoms with van der Waals surface area (Å²) in [6.45, 7) is 3.91. The van der Waals surface area contributed by atoms with Crippen molar-refractivity contribution < 1.29 is 13.2 Å². The first kappa shape index (κ1) is 15.9. The Morgan fingerprint density at radius 3 is 2.62 bits per heavy atom. The highest BCUT2D eigenvalue weighted by atomic mass is 32.2. The number of hydrogen-bond donors (Lipinski definition) is 2. The van der Waals surface area contributed by atoms with Gasteiger partial charge in [0.2, 0.25) is 15.9 Å². The highest BCUT2D eigenvalue weighted by Gasteiger charge is 2.43. The molecule has 2 unspecified atom stereocenters. The van der Waals surface area contributed by atoms with Crippen LogP contribution in [0.5, 0.6) is 0 Å². The topological polar surface area (TPSA) is 106 Å². The first-order valence-electron chi connectivity index (χ1n) is 6.82. The Morgan fingerprint density at radius 1 is 1.43 bits per heavy atom. The quantitative estimate of drug-likeness (QED) is 0.848. The smallest absolute Gasteiger partial charge is 0.243 e. The van der Waals surface area contributed by atoms with E-state index in [2.05, 4.69) is 0 Å². The lowest BCUT2D eigenvalue weighted by molar-refractivity contribution is -0.126. The summed E-state index contributed by atoms with van der Waals surface area (Å²) in [6.07, 6.45) is 0.439. The van der Waals surface area contributed by atoms with E-state index in [1.54, 1.807) is 38.1 Å². The van der Waals surface area contributed by atoms with Crippen molar-refractivity contribution in [3.63, 3.8) is 0 Å². The maximum Gasteiger partial charge on any atom is 0.243 e. The fourth-order valence-corrected chi connectivity index (χ4v) is 4.05. The summed E-state index contributed by atoms with van der Waals surface area (Å²) in [4.78, 5) is 11.7. The Kier molecular flexibility index (Phi) is 4.10. The van der Waals surface area contributed by atoms with E-state index in [1.807, 2.05) is 0 Å². The molecule has 0 aromatic heterocycles. The van der Waals surface area contributed by atoms with Crippen LogP contribution in [-0.4, -0.2) is 31.7 Å². The molecule has 0 aliphatic carbocycles. The molecular weight excluding hydrogens is 290 g/mol. The molecule has 1 aromatic rings. The zero-order valence-corrected chi connectivity index (χ0v) is 13.1. The number of rotatable bonds is 4. The van der Waals surface area contributed by atoms with Crippen LogP contribution in [0.2, 0.25) is 0 Å². The van der Waals surface area contributed by atoms with Crippen molar-refractivity contribution in [2.45, 2.75) is 31.2 Å². The van der Waals surface area contributed by atoms with Gasteiger partial charge in [-0.1, -0.05) is 12.1 Å². The number of carbonyl (C=O) groups is 1. The fourth-order valence-electron chi connectivity index (χ4n) is 2.43. The van der Waals surface area contributed by atoms with E-state index in [4.69, 9.17) is 11.5 Å². The number of hydrogen-bond acceptors (Lipinski definition) is 4. The van der Waals surface area contributed by atoms with E-state index in [1.165, 1.54) is 4.31 Å². The largest absolute Gasteiger partial charge is 0.369 e. The molecule has 116 valence electrons. The second-order valence-corrected chi connectivity index (χ2v) is 7.81. The van der Waals surface area contributed by atoms with Gasteiger partial charge in [-0.25, -0.2) is 8.42 Å². The number of nitrogens with zero attached hydrogens (tertiary/aromatic N) is 1. The third-order valence-electron chi connectivity index (χ3n) is 4.05. The van der Waals surface area contributed by atoms with Crippen LogP contribution in [0.3, 0.4) is 0 Å². The SMILES string of the molecule is CC(N)c1cccc(S(=O)(=O)N2CCC(C)(C(N)=O)C2)c1. The first-order valence-corrected chi connectivity index (χ1v) is 8.26. The van der Waals surface area contributed by atoms with Crippen LogP contribution in [0, 0.1) is 5.41 Å². The summed E-state index contributed by atoms with van der Waals surface area (Å²) < 4.78 is 26.6. The van der Waals surface area contributed by atoms with Crippen molar-refractivity contribution in [3.05, 3.63) is 29.8 Å². The highest BCUT2D eigenvalue weighted by Crippen LogP contribution is 2.33. The maximum absolute atomic E-state index is 12.7. The Hall–Kier alpha value is -1.44. The molecule has 1 heterocycles. The summed E-state index contributed by atoms with van der Waals surface area (Å²) in [7, 11) is -3.63. The Balaban J connectivity index is 2.32. The molecule has 0 bridgehead atoms. The van der Waals surface area contributed by atoms with Gasteiger partial charge in [-0.05, 0) is 38.0 Å². The second kappa shape index (κ2) is 5.40. The Labute approximate surface area is 125 Å². The van der Waals surface area contributed by atoms with Crippen molar-refractivity contribution in [3.8, 4) is 0 Å². The monoisotopic (exact) mass is 311 g/mol. The van der Waals surface area contributed by atoms with Gasteiger partial charge in [-0.15, -0.1) is 0 Å². The lowest BCUT2D eigenvalue weighted by Gasteiger charge is -2.21. The van der Waals surface area contributed by atoms with Crippen LogP contribution in [0.4, 0.5) is 0 Å². The van der Waals surface area contributed by atoms with Gasteiger partial charge in [0.05, 0.1) is 10.3 Å². The molecule has 4 N–H and O–H groups in total. The van der Waals surface area contributed by atoms with Gasteiger partial charge in [0.1, 0.15) is 0 Å². The third-order valence-corrected chi connectivity index (χ3v) is 5.90. The summed E-state index contributed by atoms with van der Waals surface area (Å²) in [6, 6.07) is 6.35. The molecule has 2 atom stereocenters. The van der Waals surface area contributed by atoms with Crippen molar-refractivity contribution >= 4 is 15.9 Å². The fraction of sp³-hybridized carbons (Fsp3) is 0.500. The Bertz CT molecular complexity index is 657. The predicted octanol–water partition coefficient (Wildman–Crippen LogP) is 0.592. The van der Waals surface area contributed by atoms with E-state index in [0.717, 1.165) is 5.56 Å². The highest BCUT2D eigenvalue weighted by molar-refractivity contribution is 7.89. The molecule has 1 fully saturated rings. The second-order valence-electron chi connectivity index (χ2n) is 5.87. The zero-order valence-electron chi connectivity index (χ0n) is 12.2. The molecular formula is C14H21N3O3S. The number of primary amides is 1. The Morgan fingerprint density at radius 2 is 2.10 bits per heavy atom. The van der Waals surface area contributed by atoms with Crippen LogP contribution in [0.1, 0.15) is 31.9 Å². The molecule has 1 saturated heterocycles. The summed E-state index contributed by atoms with van der Waals surface area (Å²) >= 11 is 0. The van der Waals surface area contributed by atoms with Gasteiger partial charge in [-0.3, -0.25) is 4.79 Å². The lowest BCUT2D eigenvalue weighted by atomic mass is 9.89. The van der Waals surface area contributed by atoms with Gasteiger partial charge < -0.3 is 11.5 Å².